The zero-order valence-corrected chi connectivity index (χ0v) is 14.3. The van der Waals surface area contributed by atoms with Crippen LogP contribution in [-0.2, 0) is 11.2 Å². The monoisotopic (exact) mass is 397 g/mol. The Morgan fingerprint density at radius 2 is 1.95 bits per heavy atom. The number of carboxylic acids is 1. The highest BCUT2D eigenvalue weighted by Gasteiger charge is 2.19. The molecule has 3 rings (SSSR count). The van der Waals surface area contributed by atoms with E-state index in [-0.39, 0.29) is 6.42 Å². The highest BCUT2D eigenvalue weighted by molar-refractivity contribution is 9.10. The topological polar surface area (TPSA) is 53.1 Å². The van der Waals surface area contributed by atoms with E-state index in [1.54, 1.807) is 12.1 Å². The van der Waals surface area contributed by atoms with E-state index in [4.69, 9.17) is 23.2 Å². The Balaban J connectivity index is 2.36. The van der Waals surface area contributed by atoms with Gasteiger partial charge in [0.15, 0.2) is 0 Å². The van der Waals surface area contributed by atoms with E-state index < -0.39 is 5.97 Å². The van der Waals surface area contributed by atoms with Gasteiger partial charge in [-0.15, -0.1) is 0 Å². The van der Waals surface area contributed by atoms with Crippen LogP contribution in [0, 0.1) is 0 Å². The van der Waals surface area contributed by atoms with Crippen molar-refractivity contribution in [3.8, 4) is 11.3 Å². The van der Waals surface area contributed by atoms with Crippen molar-refractivity contribution < 1.29 is 9.90 Å². The normalized spacial score (nSPS) is 11.0. The predicted molar refractivity (Wildman–Crippen MR) is 92.8 cm³/mol. The van der Waals surface area contributed by atoms with Gasteiger partial charge in [-0.1, -0.05) is 57.3 Å². The van der Waals surface area contributed by atoms with Crippen molar-refractivity contribution in [3.63, 3.8) is 0 Å². The highest BCUT2D eigenvalue weighted by atomic mass is 79.9. The van der Waals surface area contributed by atoms with Gasteiger partial charge in [-0.2, -0.15) is 0 Å². The van der Waals surface area contributed by atoms with Gasteiger partial charge in [-0.25, -0.2) is 0 Å². The maximum Gasteiger partial charge on any atom is 0.307 e. The number of aliphatic carboxylic acids is 1. The number of H-pyrrole nitrogens is 1. The number of carboxylic acid groups (broad SMARTS) is 1. The van der Waals surface area contributed by atoms with Crippen molar-refractivity contribution in [3.05, 3.63) is 56.5 Å². The maximum absolute atomic E-state index is 11.3. The summed E-state index contributed by atoms with van der Waals surface area (Å²) in [5.74, 6) is -0.916. The smallest absolute Gasteiger partial charge is 0.307 e. The molecule has 0 radical (unpaired) electrons. The summed E-state index contributed by atoms with van der Waals surface area (Å²) >= 11 is 15.8. The first kappa shape index (κ1) is 15.4. The zero-order chi connectivity index (χ0) is 15.9. The molecule has 0 aliphatic carbocycles. The molecule has 0 spiro atoms. The quantitative estimate of drug-likeness (QED) is 0.609. The number of aromatic amines is 1. The third-order valence-electron chi connectivity index (χ3n) is 3.39. The number of nitrogens with one attached hydrogen (secondary N) is 1. The summed E-state index contributed by atoms with van der Waals surface area (Å²) in [6.07, 6.45) is -0.127. The lowest BCUT2D eigenvalue weighted by Gasteiger charge is -2.05. The fraction of sp³-hybridized carbons (Fsp3) is 0.0625. The molecule has 112 valence electrons. The van der Waals surface area contributed by atoms with E-state index >= 15 is 0 Å². The second kappa shape index (κ2) is 5.95. The van der Waals surface area contributed by atoms with Gasteiger partial charge >= 0.3 is 5.97 Å². The van der Waals surface area contributed by atoms with Gasteiger partial charge in [0.05, 0.1) is 17.1 Å². The van der Waals surface area contributed by atoms with Crippen LogP contribution in [0.15, 0.2) is 40.9 Å². The second-order valence-corrected chi connectivity index (χ2v) is 6.54. The minimum Gasteiger partial charge on any atom is -0.481 e. The molecule has 0 aliphatic heterocycles. The molecule has 3 aromatic rings. The van der Waals surface area contributed by atoms with E-state index in [1.807, 2.05) is 24.3 Å². The summed E-state index contributed by atoms with van der Waals surface area (Å²) in [4.78, 5) is 14.5. The van der Waals surface area contributed by atoms with Crippen molar-refractivity contribution in [1.82, 2.24) is 4.98 Å². The fourth-order valence-electron chi connectivity index (χ4n) is 2.54. The molecule has 3 nitrogen and oxygen atoms in total. The molecule has 22 heavy (non-hydrogen) atoms. The minimum absolute atomic E-state index is 0.127. The SMILES string of the molecule is O=C(O)Cc1c(-c2ccccc2Br)[nH]c2cc(Cl)cc(Cl)c12. The average molecular weight is 399 g/mol. The van der Waals surface area contributed by atoms with Gasteiger partial charge < -0.3 is 10.1 Å². The van der Waals surface area contributed by atoms with Crippen molar-refractivity contribution >= 4 is 56.0 Å². The molecule has 0 saturated carbocycles. The molecule has 0 amide bonds. The molecular weight excluding hydrogens is 389 g/mol. The van der Waals surface area contributed by atoms with E-state index in [9.17, 15) is 9.90 Å². The minimum atomic E-state index is -0.916. The fourth-order valence-corrected chi connectivity index (χ4v) is 3.63. The van der Waals surface area contributed by atoms with Gasteiger partial charge in [-0.05, 0) is 23.8 Å². The number of carbonyl (C=O) groups is 1. The lowest BCUT2D eigenvalue weighted by Crippen LogP contribution is -2.01. The lowest BCUT2D eigenvalue weighted by molar-refractivity contribution is -0.136. The van der Waals surface area contributed by atoms with Crippen LogP contribution in [0.1, 0.15) is 5.56 Å². The Morgan fingerprint density at radius 1 is 1.23 bits per heavy atom. The Labute approximate surface area is 145 Å². The third kappa shape index (κ3) is 2.74. The molecule has 0 aliphatic rings. The first-order valence-electron chi connectivity index (χ1n) is 6.43. The van der Waals surface area contributed by atoms with Crippen molar-refractivity contribution in [2.75, 3.05) is 0 Å². The van der Waals surface area contributed by atoms with E-state index in [0.717, 1.165) is 21.2 Å². The van der Waals surface area contributed by atoms with Crippen LogP contribution in [0.25, 0.3) is 22.2 Å². The lowest BCUT2D eigenvalue weighted by atomic mass is 10.0. The maximum atomic E-state index is 11.3. The summed E-state index contributed by atoms with van der Waals surface area (Å²) < 4.78 is 0.871. The van der Waals surface area contributed by atoms with Gasteiger partial charge in [0.2, 0.25) is 0 Å². The Hall–Kier alpha value is -1.49. The number of fused-ring (bicyclic) bond motifs is 1. The third-order valence-corrected chi connectivity index (χ3v) is 4.60. The summed E-state index contributed by atoms with van der Waals surface area (Å²) in [5, 5.41) is 10.9. The molecule has 2 aromatic carbocycles. The number of rotatable bonds is 3. The van der Waals surface area contributed by atoms with E-state index in [1.165, 1.54) is 0 Å². The summed E-state index contributed by atoms with van der Waals surface area (Å²) in [6, 6.07) is 11.0. The molecule has 0 fully saturated rings. The van der Waals surface area contributed by atoms with Crippen molar-refractivity contribution in [1.29, 1.82) is 0 Å². The van der Waals surface area contributed by atoms with Gasteiger partial charge in [-0.3, -0.25) is 4.79 Å². The number of halogens is 3. The van der Waals surface area contributed by atoms with Crippen LogP contribution >= 0.6 is 39.1 Å². The summed E-state index contributed by atoms with van der Waals surface area (Å²) in [7, 11) is 0. The van der Waals surface area contributed by atoms with Gasteiger partial charge in [0, 0.05) is 26.0 Å². The highest BCUT2D eigenvalue weighted by Crippen LogP contribution is 2.38. The Bertz CT molecular complexity index is 889. The first-order valence-corrected chi connectivity index (χ1v) is 7.98. The van der Waals surface area contributed by atoms with Crippen LogP contribution in [0.2, 0.25) is 10.0 Å². The number of aromatic nitrogens is 1. The van der Waals surface area contributed by atoms with Gasteiger partial charge in [0.25, 0.3) is 0 Å². The van der Waals surface area contributed by atoms with Crippen LogP contribution in [0.5, 0.6) is 0 Å². The summed E-state index contributed by atoms with van der Waals surface area (Å²) in [6.45, 7) is 0. The predicted octanol–water partition coefficient (Wildman–Crippen LogP) is 5.53. The van der Waals surface area contributed by atoms with E-state index in [0.29, 0.717) is 21.0 Å². The molecule has 0 saturated heterocycles. The largest absolute Gasteiger partial charge is 0.481 e. The standard InChI is InChI=1S/C16H10BrCl2NO2/c17-11-4-2-1-3-9(11)16-10(7-14(21)22)15-12(19)5-8(18)6-13(15)20-16/h1-6,20H,7H2,(H,21,22). The number of hydrogen-bond donors (Lipinski definition) is 2. The van der Waals surface area contributed by atoms with Crippen LogP contribution in [0.3, 0.4) is 0 Å². The van der Waals surface area contributed by atoms with Gasteiger partial charge in [0.1, 0.15) is 0 Å². The number of hydrogen-bond acceptors (Lipinski definition) is 1. The van der Waals surface area contributed by atoms with Crippen LogP contribution in [0.4, 0.5) is 0 Å². The van der Waals surface area contributed by atoms with Crippen molar-refractivity contribution in [2.24, 2.45) is 0 Å². The molecular formula is C16H10BrCl2NO2. The zero-order valence-electron chi connectivity index (χ0n) is 11.2. The Morgan fingerprint density at radius 3 is 2.64 bits per heavy atom. The molecule has 0 unspecified atom stereocenters. The van der Waals surface area contributed by atoms with Crippen molar-refractivity contribution in [2.45, 2.75) is 6.42 Å². The number of benzene rings is 2. The summed E-state index contributed by atoms with van der Waals surface area (Å²) in [5.41, 5.74) is 2.98. The molecule has 0 bridgehead atoms. The molecule has 2 N–H and O–H groups in total. The van der Waals surface area contributed by atoms with Crippen LogP contribution < -0.4 is 0 Å². The molecule has 0 atom stereocenters. The Kier molecular flexibility index (Phi) is 4.17. The first-order chi connectivity index (χ1) is 10.5. The van der Waals surface area contributed by atoms with Crippen LogP contribution in [-0.4, -0.2) is 16.1 Å². The molecule has 1 aromatic heterocycles. The second-order valence-electron chi connectivity index (χ2n) is 4.84. The average Bonchev–Trinajstić information content (AvgIpc) is 2.77. The molecule has 6 heteroatoms. The molecule has 1 heterocycles. The van der Waals surface area contributed by atoms with E-state index in [2.05, 4.69) is 20.9 Å².